The van der Waals surface area contributed by atoms with Gasteiger partial charge in [0.15, 0.2) is 18.1 Å². The molecule has 0 saturated heterocycles. The molecular weight excluding hydrogens is 390 g/mol. The summed E-state index contributed by atoms with van der Waals surface area (Å²) in [6.45, 7) is 1.93. The summed E-state index contributed by atoms with van der Waals surface area (Å²) in [7, 11) is 0. The van der Waals surface area contributed by atoms with Crippen LogP contribution in [0.2, 0.25) is 0 Å². The van der Waals surface area contributed by atoms with Crippen LogP contribution in [0.4, 0.5) is 13.6 Å². The lowest BCUT2D eigenvalue weighted by Crippen LogP contribution is -2.44. The number of nitrogens with one attached hydrogen (secondary N) is 2. The molecule has 0 aliphatic rings. The van der Waals surface area contributed by atoms with Crippen LogP contribution in [0.3, 0.4) is 0 Å². The van der Waals surface area contributed by atoms with Crippen LogP contribution < -0.4 is 20.1 Å². The summed E-state index contributed by atoms with van der Waals surface area (Å²) in [6, 6.07) is 3.36. The molecule has 0 saturated carbocycles. The summed E-state index contributed by atoms with van der Waals surface area (Å²) in [6.07, 6.45) is 3.09. The number of halogens is 2. The van der Waals surface area contributed by atoms with Crippen molar-refractivity contribution in [2.75, 3.05) is 13.2 Å². The second-order valence-electron chi connectivity index (χ2n) is 5.79. The quantitative estimate of drug-likeness (QED) is 0.451. The molecule has 1 aromatic rings. The molecule has 0 aliphatic carbocycles. The topological polar surface area (TPSA) is 103 Å². The summed E-state index contributed by atoms with van der Waals surface area (Å²) < 4.78 is 39.1. The molecule has 1 atom stereocenters. The zero-order valence-corrected chi connectivity index (χ0v) is 16.4. The standard InChI is InChI=1S/C19H24F2N2O6/c1-4-12(3)22-19(26)23-16(24)11-28-17(25)9-7-13-6-8-14(29-18(20)21)15(10-13)27-5-2/h6-10,12,18H,4-5,11H2,1-3H3,(H2,22,23,24,26)/b9-7+/t12-/m1/s1. The molecule has 0 aromatic heterocycles. The molecule has 1 rings (SSSR count). The highest BCUT2D eigenvalue weighted by molar-refractivity contribution is 5.96. The number of urea groups is 1. The van der Waals surface area contributed by atoms with E-state index in [4.69, 9.17) is 9.47 Å². The molecule has 0 unspecified atom stereocenters. The minimum Gasteiger partial charge on any atom is -0.490 e. The van der Waals surface area contributed by atoms with Crippen molar-refractivity contribution < 1.29 is 37.4 Å². The van der Waals surface area contributed by atoms with Crippen LogP contribution in [0.15, 0.2) is 24.3 Å². The molecule has 2 N–H and O–H groups in total. The van der Waals surface area contributed by atoms with Crippen molar-refractivity contribution in [3.05, 3.63) is 29.8 Å². The van der Waals surface area contributed by atoms with Gasteiger partial charge in [-0.3, -0.25) is 10.1 Å². The van der Waals surface area contributed by atoms with Gasteiger partial charge in [0.25, 0.3) is 5.91 Å². The predicted octanol–water partition coefficient (Wildman–Crippen LogP) is 2.87. The third-order valence-electron chi connectivity index (χ3n) is 3.48. The minimum absolute atomic E-state index is 0.0926. The van der Waals surface area contributed by atoms with Crippen LogP contribution in [0.5, 0.6) is 11.5 Å². The zero-order valence-electron chi connectivity index (χ0n) is 16.4. The van der Waals surface area contributed by atoms with E-state index in [1.807, 2.05) is 12.2 Å². The van der Waals surface area contributed by atoms with E-state index < -0.39 is 31.1 Å². The monoisotopic (exact) mass is 414 g/mol. The Hall–Kier alpha value is -3.17. The second-order valence-corrected chi connectivity index (χ2v) is 5.79. The first-order valence-corrected chi connectivity index (χ1v) is 8.91. The Labute approximate surface area is 167 Å². The Morgan fingerprint density at radius 2 is 1.90 bits per heavy atom. The number of alkyl halides is 2. The van der Waals surface area contributed by atoms with Gasteiger partial charge < -0.3 is 19.5 Å². The van der Waals surface area contributed by atoms with E-state index in [1.165, 1.54) is 24.3 Å². The fraction of sp³-hybridized carbons (Fsp3) is 0.421. The number of carbonyl (C=O) groups excluding carboxylic acids is 3. The van der Waals surface area contributed by atoms with Gasteiger partial charge in [-0.2, -0.15) is 8.78 Å². The number of hydrogen-bond donors (Lipinski definition) is 2. The van der Waals surface area contributed by atoms with Crippen LogP contribution in [-0.4, -0.2) is 43.8 Å². The smallest absolute Gasteiger partial charge is 0.387 e. The van der Waals surface area contributed by atoms with Crippen LogP contribution in [0.25, 0.3) is 6.08 Å². The molecule has 0 bridgehead atoms. The van der Waals surface area contributed by atoms with Crippen molar-refractivity contribution >= 4 is 24.0 Å². The molecule has 160 valence electrons. The van der Waals surface area contributed by atoms with Crippen LogP contribution in [-0.2, 0) is 14.3 Å². The summed E-state index contributed by atoms with van der Waals surface area (Å²) >= 11 is 0. The maximum absolute atomic E-state index is 12.4. The van der Waals surface area contributed by atoms with E-state index in [2.05, 4.69) is 10.1 Å². The van der Waals surface area contributed by atoms with Crippen molar-refractivity contribution in [3.8, 4) is 11.5 Å². The zero-order chi connectivity index (χ0) is 21.8. The summed E-state index contributed by atoms with van der Waals surface area (Å²) in [4.78, 5) is 34.8. The summed E-state index contributed by atoms with van der Waals surface area (Å²) in [5.41, 5.74) is 0.462. The first kappa shape index (κ1) is 23.9. The van der Waals surface area contributed by atoms with E-state index in [0.717, 1.165) is 6.08 Å². The number of amides is 3. The fourth-order valence-electron chi connectivity index (χ4n) is 1.96. The van der Waals surface area contributed by atoms with E-state index in [-0.39, 0.29) is 24.1 Å². The van der Waals surface area contributed by atoms with Gasteiger partial charge in [-0.25, -0.2) is 9.59 Å². The van der Waals surface area contributed by atoms with E-state index in [0.29, 0.717) is 12.0 Å². The average Bonchev–Trinajstić information content (AvgIpc) is 2.66. The van der Waals surface area contributed by atoms with Crippen LogP contribution in [0, 0.1) is 0 Å². The second kappa shape index (κ2) is 12.3. The van der Waals surface area contributed by atoms with Crippen LogP contribution in [0.1, 0.15) is 32.8 Å². The number of benzene rings is 1. The third-order valence-corrected chi connectivity index (χ3v) is 3.48. The SMILES string of the molecule is CCOc1cc(/C=C/C(=O)OCC(=O)NC(=O)N[C@H](C)CC)ccc1OC(F)F. The Morgan fingerprint density at radius 1 is 1.17 bits per heavy atom. The minimum atomic E-state index is -3.00. The fourth-order valence-corrected chi connectivity index (χ4v) is 1.96. The molecule has 0 fully saturated rings. The first-order chi connectivity index (χ1) is 13.7. The average molecular weight is 414 g/mol. The molecule has 3 amide bonds. The maximum atomic E-state index is 12.4. The molecule has 0 heterocycles. The number of rotatable bonds is 10. The van der Waals surface area contributed by atoms with Gasteiger partial charge in [0.2, 0.25) is 0 Å². The largest absolute Gasteiger partial charge is 0.490 e. The molecule has 1 aromatic carbocycles. The Bertz CT molecular complexity index is 739. The maximum Gasteiger partial charge on any atom is 0.387 e. The van der Waals surface area contributed by atoms with Crippen molar-refractivity contribution in [3.63, 3.8) is 0 Å². The van der Waals surface area contributed by atoms with Crippen molar-refractivity contribution in [1.29, 1.82) is 0 Å². The lowest BCUT2D eigenvalue weighted by atomic mass is 10.2. The first-order valence-electron chi connectivity index (χ1n) is 8.91. The Morgan fingerprint density at radius 3 is 2.52 bits per heavy atom. The predicted molar refractivity (Wildman–Crippen MR) is 101 cm³/mol. The van der Waals surface area contributed by atoms with Gasteiger partial charge in [0, 0.05) is 12.1 Å². The third kappa shape index (κ3) is 9.54. The van der Waals surface area contributed by atoms with Crippen LogP contribution >= 0.6 is 0 Å². The van der Waals surface area contributed by atoms with Gasteiger partial charge in [-0.05, 0) is 44.0 Å². The Kier molecular flexibility index (Phi) is 10.1. The van der Waals surface area contributed by atoms with E-state index in [1.54, 1.807) is 13.8 Å². The highest BCUT2D eigenvalue weighted by Gasteiger charge is 2.12. The molecule has 0 aliphatic heterocycles. The highest BCUT2D eigenvalue weighted by atomic mass is 19.3. The molecule has 0 radical (unpaired) electrons. The summed E-state index contributed by atoms with van der Waals surface area (Å²) in [5.74, 6) is -1.64. The highest BCUT2D eigenvalue weighted by Crippen LogP contribution is 2.30. The van der Waals surface area contributed by atoms with Gasteiger partial charge in [-0.1, -0.05) is 13.0 Å². The molecule has 10 heteroatoms. The van der Waals surface area contributed by atoms with Crippen molar-refractivity contribution in [2.45, 2.75) is 39.8 Å². The molecule has 0 spiro atoms. The van der Waals surface area contributed by atoms with Gasteiger partial charge in [0.05, 0.1) is 6.61 Å². The van der Waals surface area contributed by atoms with Gasteiger partial charge in [0.1, 0.15) is 0 Å². The number of hydrogen-bond acceptors (Lipinski definition) is 6. The number of carbonyl (C=O) groups is 3. The Balaban J connectivity index is 2.58. The van der Waals surface area contributed by atoms with Crippen molar-refractivity contribution in [1.82, 2.24) is 10.6 Å². The molecule has 8 nitrogen and oxygen atoms in total. The number of esters is 1. The lowest BCUT2D eigenvalue weighted by Gasteiger charge is -2.12. The molecule has 29 heavy (non-hydrogen) atoms. The van der Waals surface area contributed by atoms with Gasteiger partial charge >= 0.3 is 18.6 Å². The van der Waals surface area contributed by atoms with Crippen molar-refractivity contribution in [2.24, 2.45) is 0 Å². The lowest BCUT2D eigenvalue weighted by molar-refractivity contribution is -0.143. The normalized spacial score (nSPS) is 11.8. The van der Waals surface area contributed by atoms with Gasteiger partial charge in [-0.15, -0.1) is 0 Å². The van der Waals surface area contributed by atoms with E-state index >= 15 is 0 Å². The van der Waals surface area contributed by atoms with E-state index in [9.17, 15) is 23.2 Å². The summed E-state index contributed by atoms with van der Waals surface area (Å²) in [5, 5.41) is 4.57. The number of ether oxygens (including phenoxy) is 3. The molecular formula is C19H24F2N2O6. The number of imide groups is 1.